The van der Waals surface area contributed by atoms with E-state index in [0.717, 1.165) is 9.35 Å². The smallest absolute Gasteiger partial charge is 0.363 e. The summed E-state index contributed by atoms with van der Waals surface area (Å²) in [4.78, 5) is 15.9. The van der Waals surface area contributed by atoms with Gasteiger partial charge in [-0.25, -0.2) is 14.2 Å². The number of carbonyl (C=O) groups is 1. The van der Waals surface area contributed by atoms with Gasteiger partial charge in [0.05, 0.1) is 3.79 Å². The summed E-state index contributed by atoms with van der Waals surface area (Å²) in [7, 11) is 0. The quantitative estimate of drug-likeness (QED) is 0.606. The molecule has 0 saturated carbocycles. The summed E-state index contributed by atoms with van der Waals surface area (Å²) in [5.41, 5.74) is 1.67. The van der Waals surface area contributed by atoms with Crippen LogP contribution in [0.4, 0.5) is 4.39 Å². The number of cyclic esters (lactones) is 1. The Morgan fingerprint density at radius 3 is 2.70 bits per heavy atom. The zero-order valence-corrected chi connectivity index (χ0v) is 12.4. The monoisotopic (exact) mass is 351 g/mol. The zero-order chi connectivity index (χ0) is 14.1. The zero-order valence-electron chi connectivity index (χ0n) is 9.97. The number of nitrogens with zero attached hydrogens (tertiary/aromatic N) is 1. The largest absolute Gasteiger partial charge is 0.402 e. The molecule has 0 unspecified atom stereocenters. The molecule has 0 N–H and O–H groups in total. The van der Waals surface area contributed by atoms with Crippen LogP contribution in [-0.2, 0) is 9.53 Å². The molecule has 0 atom stereocenters. The first-order valence-electron chi connectivity index (χ1n) is 5.64. The van der Waals surface area contributed by atoms with Crippen LogP contribution in [0.3, 0.4) is 0 Å². The maximum atomic E-state index is 12.9. The van der Waals surface area contributed by atoms with Crippen LogP contribution >= 0.6 is 27.3 Å². The Kier molecular flexibility index (Phi) is 3.50. The summed E-state index contributed by atoms with van der Waals surface area (Å²) >= 11 is 4.87. The van der Waals surface area contributed by atoms with Gasteiger partial charge in [-0.3, -0.25) is 0 Å². The molecule has 2 aromatic rings. The van der Waals surface area contributed by atoms with Gasteiger partial charge in [0.15, 0.2) is 5.70 Å². The second kappa shape index (κ2) is 5.30. The Morgan fingerprint density at radius 1 is 1.30 bits per heavy atom. The van der Waals surface area contributed by atoms with Gasteiger partial charge in [-0.15, -0.1) is 11.3 Å². The molecule has 1 aromatic carbocycles. The van der Waals surface area contributed by atoms with Crippen molar-refractivity contribution in [3.05, 3.63) is 62.1 Å². The summed E-state index contributed by atoms with van der Waals surface area (Å²) in [5.74, 6) is -0.667. The highest BCUT2D eigenvalue weighted by atomic mass is 79.9. The fourth-order valence-electron chi connectivity index (χ4n) is 1.68. The molecule has 1 aliphatic heterocycles. The molecule has 0 saturated heterocycles. The minimum absolute atomic E-state index is 0.190. The van der Waals surface area contributed by atoms with Gasteiger partial charge in [0, 0.05) is 5.56 Å². The molecule has 20 heavy (non-hydrogen) atoms. The Bertz CT molecular complexity index is 734. The van der Waals surface area contributed by atoms with Gasteiger partial charge in [-0.1, -0.05) is 0 Å². The molecule has 3 rings (SSSR count). The van der Waals surface area contributed by atoms with Crippen molar-refractivity contribution in [3.63, 3.8) is 0 Å². The molecule has 3 nitrogen and oxygen atoms in total. The Morgan fingerprint density at radius 2 is 2.05 bits per heavy atom. The second-order valence-corrected chi connectivity index (χ2v) is 6.32. The average Bonchev–Trinajstić information content (AvgIpc) is 2.98. The SMILES string of the molecule is O=C1OC(c2ccc(F)cc2)=N/C1=C\c1csc(Br)c1. The fourth-order valence-corrected chi connectivity index (χ4v) is 2.82. The van der Waals surface area contributed by atoms with Crippen LogP contribution < -0.4 is 0 Å². The third kappa shape index (κ3) is 2.71. The maximum absolute atomic E-state index is 12.9. The molecule has 0 spiro atoms. The standard InChI is InChI=1S/C14H7BrFNO2S/c15-12-6-8(7-20-12)5-11-14(18)19-13(17-11)9-1-3-10(16)4-2-9/h1-7H/b11-5-. The van der Waals surface area contributed by atoms with Crippen LogP contribution in [0.1, 0.15) is 11.1 Å². The van der Waals surface area contributed by atoms with Crippen molar-refractivity contribution in [2.24, 2.45) is 4.99 Å². The molecular formula is C14H7BrFNO2S. The number of ether oxygens (including phenoxy) is 1. The minimum Gasteiger partial charge on any atom is -0.402 e. The number of hydrogen-bond donors (Lipinski definition) is 0. The van der Waals surface area contributed by atoms with Crippen LogP contribution in [0.2, 0.25) is 0 Å². The summed E-state index contributed by atoms with van der Waals surface area (Å²) in [6.07, 6.45) is 1.65. The molecule has 2 heterocycles. The second-order valence-electron chi connectivity index (χ2n) is 4.03. The molecule has 0 radical (unpaired) electrons. The van der Waals surface area contributed by atoms with E-state index < -0.39 is 5.97 Å². The predicted molar refractivity (Wildman–Crippen MR) is 79.0 cm³/mol. The van der Waals surface area contributed by atoms with E-state index in [1.54, 1.807) is 6.08 Å². The highest BCUT2D eigenvalue weighted by molar-refractivity contribution is 9.11. The van der Waals surface area contributed by atoms with Crippen LogP contribution in [0.25, 0.3) is 6.08 Å². The summed E-state index contributed by atoms with van der Waals surface area (Å²) in [5, 5.41) is 1.90. The van der Waals surface area contributed by atoms with Crippen molar-refractivity contribution in [1.82, 2.24) is 0 Å². The predicted octanol–water partition coefficient (Wildman–Crippen LogP) is 3.99. The summed E-state index contributed by atoms with van der Waals surface area (Å²) < 4.78 is 18.9. The van der Waals surface area contributed by atoms with Gasteiger partial charge >= 0.3 is 5.97 Å². The molecular weight excluding hydrogens is 345 g/mol. The van der Waals surface area contributed by atoms with Crippen LogP contribution in [0, 0.1) is 5.82 Å². The van der Waals surface area contributed by atoms with Gasteiger partial charge in [-0.2, -0.15) is 0 Å². The third-order valence-electron chi connectivity index (χ3n) is 2.60. The highest BCUT2D eigenvalue weighted by Gasteiger charge is 2.24. The van der Waals surface area contributed by atoms with Gasteiger partial charge in [0.1, 0.15) is 5.82 Å². The van der Waals surface area contributed by atoms with Crippen molar-refractivity contribution in [3.8, 4) is 0 Å². The molecule has 1 aromatic heterocycles. The van der Waals surface area contributed by atoms with Crippen LogP contribution in [-0.4, -0.2) is 11.9 Å². The van der Waals surface area contributed by atoms with E-state index in [4.69, 9.17) is 4.74 Å². The van der Waals surface area contributed by atoms with Crippen LogP contribution in [0.5, 0.6) is 0 Å². The van der Waals surface area contributed by atoms with Crippen molar-refractivity contribution in [2.75, 3.05) is 0 Å². The number of aliphatic imine (C=N–C) groups is 1. The third-order valence-corrected chi connectivity index (χ3v) is 4.13. The molecule has 100 valence electrons. The number of thiophene rings is 1. The van der Waals surface area contributed by atoms with Crippen molar-refractivity contribution in [2.45, 2.75) is 0 Å². The summed E-state index contributed by atoms with van der Waals surface area (Å²) in [6.45, 7) is 0. The van der Waals surface area contributed by atoms with Crippen LogP contribution in [0.15, 0.2) is 50.2 Å². The summed E-state index contributed by atoms with van der Waals surface area (Å²) in [6, 6.07) is 7.51. The fraction of sp³-hybridized carbons (Fsp3) is 0. The number of hydrogen-bond acceptors (Lipinski definition) is 4. The van der Waals surface area contributed by atoms with E-state index in [-0.39, 0.29) is 17.4 Å². The number of benzene rings is 1. The first-order chi connectivity index (χ1) is 9.61. The molecule has 1 aliphatic rings. The number of rotatable bonds is 2. The Hall–Kier alpha value is -1.79. The number of halogens is 2. The lowest BCUT2D eigenvalue weighted by atomic mass is 10.2. The highest BCUT2D eigenvalue weighted by Crippen LogP contribution is 2.25. The first-order valence-corrected chi connectivity index (χ1v) is 7.31. The normalized spacial score (nSPS) is 16.4. The Balaban J connectivity index is 1.92. The van der Waals surface area contributed by atoms with Crippen molar-refractivity contribution < 1.29 is 13.9 Å². The molecule has 6 heteroatoms. The van der Waals surface area contributed by atoms with E-state index in [1.165, 1.54) is 35.6 Å². The van der Waals surface area contributed by atoms with E-state index in [0.29, 0.717) is 5.56 Å². The molecule has 0 aliphatic carbocycles. The van der Waals surface area contributed by atoms with Crippen molar-refractivity contribution in [1.29, 1.82) is 0 Å². The molecule has 0 bridgehead atoms. The average molecular weight is 352 g/mol. The lowest BCUT2D eigenvalue weighted by molar-refractivity contribution is -0.129. The minimum atomic E-state index is -0.508. The van der Waals surface area contributed by atoms with E-state index in [2.05, 4.69) is 20.9 Å². The van der Waals surface area contributed by atoms with E-state index >= 15 is 0 Å². The molecule has 0 amide bonds. The maximum Gasteiger partial charge on any atom is 0.363 e. The topological polar surface area (TPSA) is 38.7 Å². The Labute approximate surface area is 126 Å². The van der Waals surface area contributed by atoms with Gasteiger partial charge in [-0.05, 0) is 63.3 Å². The number of esters is 1. The lowest BCUT2D eigenvalue weighted by Gasteiger charge is -1.98. The van der Waals surface area contributed by atoms with Gasteiger partial charge in [0.25, 0.3) is 0 Å². The first kappa shape index (κ1) is 13.2. The van der Waals surface area contributed by atoms with E-state index in [9.17, 15) is 9.18 Å². The van der Waals surface area contributed by atoms with Gasteiger partial charge < -0.3 is 4.74 Å². The molecule has 0 fully saturated rings. The number of carbonyl (C=O) groups excluding carboxylic acids is 1. The van der Waals surface area contributed by atoms with E-state index in [1.807, 2.05) is 11.4 Å². The lowest BCUT2D eigenvalue weighted by Crippen LogP contribution is -2.05. The van der Waals surface area contributed by atoms with Crippen molar-refractivity contribution >= 4 is 45.2 Å². The van der Waals surface area contributed by atoms with Gasteiger partial charge in [0.2, 0.25) is 5.90 Å².